The van der Waals surface area contributed by atoms with E-state index >= 15 is 0 Å². The number of piperazine rings is 1. The summed E-state index contributed by atoms with van der Waals surface area (Å²) in [5.74, 6) is -1.05. The standard InChI is InChI=1S/C29H36N8O5S/c1-18-25(20-6-3-2-4-7-20)42-28(32-18)36-13-14-37(23(17-36)26(38)31-16-22-8-5-15-43-22)27(39)24(33-29(40)41)19-9-11-21(12-10-19)34-35-30/h2-8,15,18-19,21,23-25,33H,9-14,16-17H2,1H3,(H,31,38)(H,40,41)/t18-,19?,21?,23-,24+,25+/m0/s1. The lowest BCUT2D eigenvalue weighted by Crippen LogP contribution is -2.65. The molecular formula is C29H36N8O5S. The van der Waals surface area contributed by atoms with Gasteiger partial charge in [-0.2, -0.15) is 0 Å². The second-order valence-corrected chi connectivity index (χ2v) is 12.1. The maximum atomic E-state index is 14.1. The lowest BCUT2D eigenvalue weighted by Gasteiger charge is -2.43. The molecule has 0 bridgehead atoms. The Kier molecular flexibility index (Phi) is 9.68. The van der Waals surface area contributed by atoms with Gasteiger partial charge in [-0.05, 0) is 61.1 Å². The van der Waals surface area contributed by atoms with Crippen LogP contribution >= 0.6 is 11.3 Å². The number of thiophene rings is 1. The Bertz CT molecular complexity index is 1360. The van der Waals surface area contributed by atoms with E-state index in [4.69, 9.17) is 15.3 Å². The van der Waals surface area contributed by atoms with Crippen LogP contribution < -0.4 is 10.6 Å². The minimum absolute atomic E-state index is 0.132. The Morgan fingerprint density at radius 2 is 1.93 bits per heavy atom. The van der Waals surface area contributed by atoms with Crippen LogP contribution in [0, 0.1) is 5.92 Å². The van der Waals surface area contributed by atoms with Crippen LogP contribution in [0.1, 0.15) is 49.2 Å². The number of carbonyl (C=O) groups excluding carboxylic acids is 2. The lowest BCUT2D eigenvalue weighted by molar-refractivity contribution is -0.146. The van der Waals surface area contributed by atoms with Crippen LogP contribution in [-0.2, 0) is 20.9 Å². The van der Waals surface area contributed by atoms with Crippen LogP contribution in [0.15, 0.2) is 58.0 Å². The monoisotopic (exact) mass is 608 g/mol. The van der Waals surface area contributed by atoms with Crippen molar-refractivity contribution in [2.24, 2.45) is 16.0 Å². The van der Waals surface area contributed by atoms with Gasteiger partial charge in [-0.25, -0.2) is 9.79 Å². The molecule has 228 valence electrons. The van der Waals surface area contributed by atoms with E-state index in [0.717, 1.165) is 10.4 Å². The highest BCUT2D eigenvalue weighted by molar-refractivity contribution is 7.09. The highest BCUT2D eigenvalue weighted by Crippen LogP contribution is 2.32. The molecule has 2 fully saturated rings. The number of amides is 3. The van der Waals surface area contributed by atoms with E-state index in [1.165, 1.54) is 16.2 Å². The Labute approximate surface area is 253 Å². The van der Waals surface area contributed by atoms with Gasteiger partial charge in [-0.1, -0.05) is 41.5 Å². The van der Waals surface area contributed by atoms with Gasteiger partial charge >= 0.3 is 6.09 Å². The van der Waals surface area contributed by atoms with Gasteiger partial charge in [0.2, 0.25) is 11.8 Å². The van der Waals surface area contributed by atoms with E-state index in [1.807, 2.05) is 59.7 Å². The Hall–Kier alpha value is -4.29. The molecule has 3 heterocycles. The van der Waals surface area contributed by atoms with Crippen LogP contribution in [-0.4, -0.2) is 82.6 Å². The first-order valence-corrected chi connectivity index (χ1v) is 15.4. The normalized spacial score (nSPS) is 26.0. The van der Waals surface area contributed by atoms with Crippen molar-refractivity contribution < 1.29 is 24.2 Å². The van der Waals surface area contributed by atoms with Crippen LogP contribution in [0.3, 0.4) is 0 Å². The summed E-state index contributed by atoms with van der Waals surface area (Å²) in [7, 11) is 0. The maximum Gasteiger partial charge on any atom is 0.405 e. The zero-order chi connectivity index (χ0) is 30.3. The highest BCUT2D eigenvalue weighted by atomic mass is 32.1. The third-order valence-corrected chi connectivity index (χ3v) is 9.22. The third kappa shape index (κ3) is 7.20. The van der Waals surface area contributed by atoms with Crippen molar-refractivity contribution in [3.05, 3.63) is 68.7 Å². The molecule has 14 heteroatoms. The molecule has 2 aliphatic heterocycles. The fourth-order valence-corrected chi connectivity index (χ4v) is 6.74. The lowest BCUT2D eigenvalue weighted by atomic mass is 9.81. The number of carboxylic acid groups (broad SMARTS) is 1. The predicted molar refractivity (Wildman–Crippen MR) is 160 cm³/mol. The molecule has 5 rings (SSSR count). The number of rotatable bonds is 8. The van der Waals surface area contributed by atoms with Crippen molar-refractivity contribution in [1.29, 1.82) is 0 Å². The molecule has 0 spiro atoms. The predicted octanol–water partition coefficient (Wildman–Crippen LogP) is 3.90. The average Bonchev–Trinajstić information content (AvgIpc) is 3.69. The fourth-order valence-electron chi connectivity index (χ4n) is 6.10. The fraction of sp³-hybridized carbons (Fsp3) is 0.517. The minimum atomic E-state index is -1.30. The van der Waals surface area contributed by atoms with Crippen molar-refractivity contribution in [1.82, 2.24) is 20.4 Å². The maximum absolute atomic E-state index is 14.1. The van der Waals surface area contributed by atoms with Crippen LogP contribution in [0.5, 0.6) is 0 Å². The molecule has 1 saturated heterocycles. The first-order valence-electron chi connectivity index (χ1n) is 14.5. The second-order valence-electron chi connectivity index (χ2n) is 11.1. The number of hydrogen-bond acceptors (Lipinski definition) is 8. The average molecular weight is 609 g/mol. The van der Waals surface area contributed by atoms with Crippen molar-refractivity contribution in [3.8, 4) is 0 Å². The van der Waals surface area contributed by atoms with Crippen molar-refractivity contribution in [2.75, 3.05) is 19.6 Å². The summed E-state index contributed by atoms with van der Waals surface area (Å²) < 4.78 is 6.29. The number of azide groups is 1. The van der Waals surface area contributed by atoms with Gasteiger partial charge in [0.25, 0.3) is 6.02 Å². The van der Waals surface area contributed by atoms with Crippen molar-refractivity contribution >= 4 is 35.3 Å². The van der Waals surface area contributed by atoms with Gasteiger partial charge in [-0.3, -0.25) is 9.59 Å². The molecule has 3 N–H and O–H groups in total. The first kappa shape index (κ1) is 30.2. The molecule has 2 aromatic rings. The van der Waals surface area contributed by atoms with Crippen LogP contribution in [0.4, 0.5) is 4.79 Å². The van der Waals surface area contributed by atoms with Crippen LogP contribution in [0.2, 0.25) is 0 Å². The van der Waals surface area contributed by atoms with E-state index in [-0.39, 0.29) is 43.1 Å². The summed E-state index contributed by atoms with van der Waals surface area (Å²) >= 11 is 1.52. The van der Waals surface area contributed by atoms with E-state index in [9.17, 15) is 19.5 Å². The first-order chi connectivity index (χ1) is 20.8. The summed E-state index contributed by atoms with van der Waals surface area (Å²) in [5.41, 5.74) is 9.80. The Morgan fingerprint density at radius 3 is 2.60 bits per heavy atom. The minimum Gasteiger partial charge on any atom is -0.465 e. The number of ether oxygens (including phenoxy) is 1. The summed E-state index contributed by atoms with van der Waals surface area (Å²) in [6, 6.07) is 11.9. The second kappa shape index (κ2) is 13.8. The summed E-state index contributed by atoms with van der Waals surface area (Å²) in [6.45, 7) is 3.01. The molecule has 4 atom stereocenters. The van der Waals surface area contributed by atoms with Gasteiger partial charge in [0.05, 0.1) is 19.1 Å². The molecule has 3 amide bonds. The Morgan fingerprint density at radius 1 is 1.16 bits per heavy atom. The van der Waals surface area contributed by atoms with E-state index < -0.39 is 24.1 Å². The molecule has 3 aliphatic rings. The van der Waals surface area contributed by atoms with Gasteiger partial charge in [0.15, 0.2) is 0 Å². The molecule has 0 unspecified atom stereocenters. The quantitative estimate of drug-likeness (QED) is 0.233. The molecule has 43 heavy (non-hydrogen) atoms. The van der Waals surface area contributed by atoms with E-state index in [1.54, 1.807) is 0 Å². The zero-order valence-corrected chi connectivity index (χ0v) is 24.7. The number of nitrogens with zero attached hydrogens (tertiary/aromatic N) is 6. The Balaban J connectivity index is 1.34. The molecule has 13 nitrogen and oxygen atoms in total. The summed E-state index contributed by atoms with van der Waals surface area (Å²) in [6.07, 6.45) is 0.624. The zero-order valence-electron chi connectivity index (χ0n) is 23.9. The number of amidine groups is 1. The van der Waals surface area contributed by atoms with Gasteiger partial charge < -0.3 is 30.3 Å². The smallest absolute Gasteiger partial charge is 0.405 e. The number of hydrogen-bond donors (Lipinski definition) is 3. The third-order valence-electron chi connectivity index (χ3n) is 8.34. The van der Waals surface area contributed by atoms with Gasteiger partial charge in [0.1, 0.15) is 18.2 Å². The van der Waals surface area contributed by atoms with Crippen molar-refractivity contribution in [3.63, 3.8) is 0 Å². The van der Waals surface area contributed by atoms with E-state index in [2.05, 4.69) is 20.7 Å². The van der Waals surface area contributed by atoms with Gasteiger partial charge in [0, 0.05) is 28.9 Å². The SMILES string of the molecule is C[C@@H]1N=C(N2CCN(C(=O)[C@H](NC(=O)O)C3CCC(N=[N+]=[N-])CC3)[C@H](C(=O)NCc3cccs3)C2)O[C@H]1c1ccccc1. The van der Waals surface area contributed by atoms with Crippen molar-refractivity contribution in [2.45, 2.75) is 69.4 Å². The van der Waals surface area contributed by atoms with E-state index in [0.29, 0.717) is 44.8 Å². The topological polar surface area (TPSA) is 172 Å². The molecule has 1 aromatic carbocycles. The largest absolute Gasteiger partial charge is 0.465 e. The molecule has 0 radical (unpaired) electrons. The number of aliphatic imine (C=N–C) groups is 1. The summed E-state index contributed by atoms with van der Waals surface area (Å²) in [4.78, 5) is 51.5. The number of carbonyl (C=O) groups is 3. The molecule has 1 aliphatic carbocycles. The molecular weight excluding hydrogens is 572 g/mol. The van der Waals surface area contributed by atoms with Gasteiger partial charge in [-0.15, -0.1) is 11.3 Å². The summed E-state index contributed by atoms with van der Waals surface area (Å²) in [5, 5.41) is 20.7. The van der Waals surface area contributed by atoms with Crippen LogP contribution in [0.25, 0.3) is 10.4 Å². The molecule has 1 aromatic heterocycles. The molecule has 1 saturated carbocycles. The number of benzene rings is 1. The highest BCUT2D eigenvalue weighted by Gasteiger charge is 2.44. The number of nitrogens with one attached hydrogen (secondary N) is 2.